The molecule has 118 valence electrons. The Hall–Kier alpha value is -0.980. The van der Waals surface area contributed by atoms with Gasteiger partial charge in [0, 0.05) is 19.1 Å². The number of nitrogens with one attached hydrogen (secondary N) is 1. The van der Waals surface area contributed by atoms with Crippen molar-refractivity contribution in [1.82, 2.24) is 9.62 Å². The molecule has 1 atom stereocenters. The first-order chi connectivity index (χ1) is 9.89. The summed E-state index contributed by atoms with van der Waals surface area (Å²) < 4.78 is 39.6. The second-order valence-electron chi connectivity index (χ2n) is 5.89. The van der Waals surface area contributed by atoms with E-state index in [0.717, 1.165) is 19.4 Å². The maximum Gasteiger partial charge on any atom is 0.243 e. The molecule has 1 saturated heterocycles. The van der Waals surface area contributed by atoms with Gasteiger partial charge in [-0.05, 0) is 49.6 Å². The highest BCUT2D eigenvalue weighted by Gasteiger charge is 2.30. The second-order valence-corrected chi connectivity index (χ2v) is 7.83. The van der Waals surface area contributed by atoms with Crippen molar-refractivity contribution < 1.29 is 12.8 Å². The number of nitrogens with zero attached hydrogens (tertiary/aromatic N) is 1. The number of hydrogen-bond donors (Lipinski definition) is 1. The van der Waals surface area contributed by atoms with Gasteiger partial charge in [0.1, 0.15) is 5.82 Å². The Morgan fingerprint density at radius 1 is 1.33 bits per heavy atom. The van der Waals surface area contributed by atoms with Crippen LogP contribution in [0.4, 0.5) is 4.39 Å². The van der Waals surface area contributed by atoms with Gasteiger partial charge >= 0.3 is 0 Å². The third kappa shape index (κ3) is 4.25. The first-order valence-corrected chi connectivity index (χ1v) is 8.82. The molecule has 1 fully saturated rings. The fourth-order valence-corrected chi connectivity index (χ4v) is 4.12. The quantitative estimate of drug-likeness (QED) is 0.906. The monoisotopic (exact) mass is 314 g/mol. The predicted molar refractivity (Wildman–Crippen MR) is 81.0 cm³/mol. The smallest absolute Gasteiger partial charge is 0.243 e. The molecule has 0 aromatic heterocycles. The molecule has 21 heavy (non-hydrogen) atoms. The zero-order valence-electron chi connectivity index (χ0n) is 12.5. The molecule has 0 amide bonds. The highest BCUT2D eigenvalue weighted by atomic mass is 32.2. The van der Waals surface area contributed by atoms with Crippen LogP contribution in [-0.2, 0) is 10.0 Å². The zero-order valence-corrected chi connectivity index (χ0v) is 13.4. The molecule has 1 aliphatic heterocycles. The lowest BCUT2D eigenvalue weighted by Crippen LogP contribution is -2.43. The van der Waals surface area contributed by atoms with Gasteiger partial charge in [-0.1, -0.05) is 13.8 Å². The van der Waals surface area contributed by atoms with Crippen molar-refractivity contribution in [1.29, 1.82) is 0 Å². The molecule has 0 bridgehead atoms. The van der Waals surface area contributed by atoms with Gasteiger partial charge in [0.05, 0.1) is 4.90 Å². The second kappa shape index (κ2) is 6.85. The van der Waals surface area contributed by atoms with Gasteiger partial charge in [-0.25, -0.2) is 12.8 Å². The first-order valence-electron chi connectivity index (χ1n) is 7.38. The number of hydrogen-bond acceptors (Lipinski definition) is 3. The third-order valence-electron chi connectivity index (χ3n) is 3.75. The minimum absolute atomic E-state index is 0.168. The molecule has 1 N–H and O–H groups in total. The summed E-state index contributed by atoms with van der Waals surface area (Å²) in [6, 6.07) is 5.44. The van der Waals surface area contributed by atoms with Crippen LogP contribution in [0.25, 0.3) is 0 Å². The summed E-state index contributed by atoms with van der Waals surface area (Å²) in [5.74, 6) is -0.0945. The number of piperidine rings is 1. The van der Waals surface area contributed by atoms with Crippen LogP contribution >= 0.6 is 0 Å². The summed E-state index contributed by atoms with van der Waals surface area (Å²) in [7, 11) is -3.51. The highest BCUT2D eigenvalue weighted by molar-refractivity contribution is 7.89. The summed E-state index contributed by atoms with van der Waals surface area (Å²) in [6.45, 7) is 6.05. The Balaban J connectivity index is 2.07. The van der Waals surface area contributed by atoms with Crippen LogP contribution in [0.3, 0.4) is 0 Å². The summed E-state index contributed by atoms with van der Waals surface area (Å²) in [5, 5.41) is 3.36. The highest BCUT2D eigenvalue weighted by Crippen LogP contribution is 2.23. The van der Waals surface area contributed by atoms with Gasteiger partial charge < -0.3 is 5.32 Å². The van der Waals surface area contributed by atoms with Crippen LogP contribution in [0.5, 0.6) is 0 Å². The van der Waals surface area contributed by atoms with E-state index >= 15 is 0 Å². The summed E-state index contributed by atoms with van der Waals surface area (Å²) in [5.41, 5.74) is 0. The van der Waals surface area contributed by atoms with E-state index in [9.17, 15) is 12.8 Å². The summed E-state index contributed by atoms with van der Waals surface area (Å²) >= 11 is 0. The predicted octanol–water partition coefficient (Wildman–Crippen LogP) is 2.22. The first kappa shape index (κ1) is 16.4. The Morgan fingerprint density at radius 2 is 2.00 bits per heavy atom. The molecule has 1 aliphatic rings. The van der Waals surface area contributed by atoms with Gasteiger partial charge in [-0.3, -0.25) is 0 Å². The number of sulfonamides is 1. The summed E-state index contributed by atoms with van der Waals surface area (Å²) in [6.07, 6.45) is 1.90. The van der Waals surface area contributed by atoms with Gasteiger partial charge in [0.2, 0.25) is 10.0 Å². The van der Waals surface area contributed by atoms with E-state index in [4.69, 9.17) is 0 Å². The number of benzene rings is 1. The molecule has 0 saturated carbocycles. The topological polar surface area (TPSA) is 49.4 Å². The van der Waals surface area contributed by atoms with E-state index in [1.807, 2.05) is 0 Å². The van der Waals surface area contributed by atoms with Crippen molar-refractivity contribution in [2.24, 2.45) is 5.92 Å². The Bertz CT molecular complexity index is 558. The fraction of sp³-hybridized carbons (Fsp3) is 0.600. The molecule has 1 aromatic rings. The SMILES string of the molecule is CC(C)NCC1CCCN(S(=O)(=O)c2ccc(F)cc2)C1. The molecule has 1 unspecified atom stereocenters. The van der Waals surface area contributed by atoms with Crippen LogP contribution in [0.1, 0.15) is 26.7 Å². The van der Waals surface area contributed by atoms with E-state index in [2.05, 4.69) is 19.2 Å². The van der Waals surface area contributed by atoms with E-state index < -0.39 is 15.8 Å². The Labute approximate surface area is 126 Å². The molecule has 4 nitrogen and oxygen atoms in total. The van der Waals surface area contributed by atoms with E-state index in [1.54, 1.807) is 0 Å². The van der Waals surface area contributed by atoms with Crippen LogP contribution in [-0.4, -0.2) is 38.4 Å². The van der Waals surface area contributed by atoms with E-state index in [0.29, 0.717) is 25.0 Å². The molecule has 6 heteroatoms. The van der Waals surface area contributed by atoms with Crippen LogP contribution in [0, 0.1) is 11.7 Å². The molecule has 0 aliphatic carbocycles. The Kier molecular flexibility index (Phi) is 5.35. The van der Waals surface area contributed by atoms with Crippen molar-refractivity contribution in [2.75, 3.05) is 19.6 Å². The van der Waals surface area contributed by atoms with Crippen molar-refractivity contribution in [3.8, 4) is 0 Å². The van der Waals surface area contributed by atoms with Crippen LogP contribution in [0.15, 0.2) is 29.2 Å². The molecular weight excluding hydrogens is 291 g/mol. The normalized spacial score (nSPS) is 20.9. The lowest BCUT2D eigenvalue weighted by molar-refractivity contribution is 0.256. The molecular formula is C15H23FN2O2S. The van der Waals surface area contributed by atoms with Gasteiger partial charge in [0.25, 0.3) is 0 Å². The minimum Gasteiger partial charge on any atom is -0.314 e. The van der Waals surface area contributed by atoms with E-state index in [-0.39, 0.29) is 4.90 Å². The van der Waals surface area contributed by atoms with Gasteiger partial charge in [-0.2, -0.15) is 4.31 Å². The number of halogens is 1. The maximum atomic E-state index is 12.9. The average Bonchev–Trinajstić information content (AvgIpc) is 2.46. The molecule has 2 rings (SSSR count). The fourth-order valence-electron chi connectivity index (χ4n) is 2.57. The van der Waals surface area contributed by atoms with Crippen LogP contribution < -0.4 is 5.32 Å². The molecule has 0 spiro atoms. The molecule has 0 radical (unpaired) electrons. The van der Waals surface area contributed by atoms with Crippen LogP contribution in [0.2, 0.25) is 0 Å². The summed E-state index contributed by atoms with van der Waals surface area (Å²) in [4.78, 5) is 0.168. The van der Waals surface area contributed by atoms with Crippen molar-refractivity contribution >= 4 is 10.0 Å². The van der Waals surface area contributed by atoms with Crippen molar-refractivity contribution in [2.45, 2.75) is 37.6 Å². The van der Waals surface area contributed by atoms with Crippen molar-refractivity contribution in [3.63, 3.8) is 0 Å². The Morgan fingerprint density at radius 3 is 2.62 bits per heavy atom. The lowest BCUT2D eigenvalue weighted by Gasteiger charge is -2.32. The molecule has 1 heterocycles. The zero-order chi connectivity index (χ0) is 15.5. The lowest BCUT2D eigenvalue weighted by atomic mass is 9.99. The standard InChI is InChI=1S/C15H23FN2O2S/c1-12(2)17-10-13-4-3-9-18(11-13)21(19,20)15-7-5-14(16)6-8-15/h5-8,12-13,17H,3-4,9-11H2,1-2H3. The number of rotatable bonds is 5. The minimum atomic E-state index is -3.51. The van der Waals surface area contributed by atoms with Gasteiger partial charge in [0.15, 0.2) is 0 Å². The van der Waals surface area contributed by atoms with E-state index in [1.165, 1.54) is 28.6 Å². The van der Waals surface area contributed by atoms with Crippen molar-refractivity contribution in [3.05, 3.63) is 30.1 Å². The van der Waals surface area contributed by atoms with Gasteiger partial charge in [-0.15, -0.1) is 0 Å². The molecule has 1 aromatic carbocycles. The third-order valence-corrected chi connectivity index (χ3v) is 5.63. The largest absolute Gasteiger partial charge is 0.314 e. The average molecular weight is 314 g/mol. The maximum absolute atomic E-state index is 12.9.